The van der Waals surface area contributed by atoms with Crippen molar-refractivity contribution >= 4 is 33.1 Å². The van der Waals surface area contributed by atoms with E-state index in [4.69, 9.17) is 0 Å². The van der Waals surface area contributed by atoms with E-state index in [9.17, 15) is 17.8 Å². The minimum Gasteiger partial charge on any atom is -0.322 e. The van der Waals surface area contributed by atoms with E-state index in [0.717, 1.165) is 6.07 Å². The molecule has 10 heteroatoms. The molecule has 1 amide bonds. The van der Waals surface area contributed by atoms with Crippen molar-refractivity contribution in [1.29, 1.82) is 0 Å². The summed E-state index contributed by atoms with van der Waals surface area (Å²) in [4.78, 5) is 11.8. The molecular weight excluding hydrogens is 346 g/mol. The van der Waals surface area contributed by atoms with Gasteiger partial charge in [-0.3, -0.25) is 9.35 Å². The molecule has 0 radical (unpaired) electrons. The normalized spacial score (nSPS) is 12.0. The van der Waals surface area contributed by atoms with Crippen LogP contribution < -0.4 is 5.32 Å². The quantitative estimate of drug-likeness (QED) is 0.621. The maximum atomic E-state index is 12.2. The molecule has 2 aromatic rings. The van der Waals surface area contributed by atoms with Gasteiger partial charge in [-0.15, -0.1) is 0 Å². The Morgan fingerprint density at radius 3 is 2.20 bits per heavy atom. The summed E-state index contributed by atoms with van der Waals surface area (Å²) in [6, 6.07) is 10.2. The summed E-state index contributed by atoms with van der Waals surface area (Å²) >= 11 is 0. The molecule has 25 heavy (non-hydrogen) atoms. The van der Waals surface area contributed by atoms with Gasteiger partial charge in [0.15, 0.2) is 0 Å². The molecule has 2 aromatic carbocycles. The van der Waals surface area contributed by atoms with Crippen LogP contribution in [0.3, 0.4) is 0 Å². The zero-order valence-electron chi connectivity index (χ0n) is 13.4. The maximum absolute atomic E-state index is 12.2. The second-order valence-corrected chi connectivity index (χ2v) is 6.15. The lowest BCUT2D eigenvalue weighted by molar-refractivity contribution is 0.102. The molecule has 0 saturated carbocycles. The fraction of sp³-hybridized carbons (Fsp3) is 0.133. The predicted molar refractivity (Wildman–Crippen MR) is 91.5 cm³/mol. The fourth-order valence-corrected chi connectivity index (χ4v) is 2.60. The SMILES string of the molecule is CN=Nc1ccc(C(=O)Nc2ccc(S(=O)(=O)O)c(N=NC)c2)cc1. The molecule has 0 bridgehead atoms. The molecule has 0 heterocycles. The topological polar surface area (TPSA) is 133 Å². The van der Waals surface area contributed by atoms with Crippen LogP contribution in [0, 0.1) is 0 Å². The number of hydrogen-bond acceptors (Lipinski definition) is 7. The van der Waals surface area contributed by atoms with E-state index < -0.39 is 20.9 Å². The Kier molecular flexibility index (Phi) is 5.67. The zero-order valence-corrected chi connectivity index (χ0v) is 14.2. The summed E-state index contributed by atoms with van der Waals surface area (Å²) in [5.41, 5.74) is 1.22. The second-order valence-electron chi connectivity index (χ2n) is 4.76. The number of anilines is 1. The number of rotatable bonds is 5. The molecule has 0 unspecified atom stereocenters. The number of azo groups is 2. The molecule has 0 atom stereocenters. The van der Waals surface area contributed by atoms with Gasteiger partial charge in [-0.25, -0.2) is 0 Å². The summed E-state index contributed by atoms with van der Waals surface area (Å²) in [5.74, 6) is -0.404. The first-order valence-corrected chi connectivity index (χ1v) is 8.42. The Balaban J connectivity index is 2.27. The van der Waals surface area contributed by atoms with Crippen LogP contribution in [0.2, 0.25) is 0 Å². The molecule has 0 aromatic heterocycles. The van der Waals surface area contributed by atoms with E-state index in [2.05, 4.69) is 25.8 Å². The number of nitrogens with zero attached hydrogens (tertiary/aromatic N) is 4. The molecule has 0 aliphatic heterocycles. The van der Waals surface area contributed by atoms with E-state index in [1.54, 1.807) is 31.3 Å². The lowest BCUT2D eigenvalue weighted by atomic mass is 10.2. The number of amides is 1. The van der Waals surface area contributed by atoms with Crippen molar-refractivity contribution in [2.75, 3.05) is 19.4 Å². The first kappa shape index (κ1) is 18.4. The summed E-state index contributed by atoms with van der Waals surface area (Å²) in [5, 5.41) is 17.3. The van der Waals surface area contributed by atoms with Crippen LogP contribution in [0.25, 0.3) is 0 Å². The molecule has 9 nitrogen and oxygen atoms in total. The molecule has 0 aliphatic carbocycles. The van der Waals surface area contributed by atoms with Gasteiger partial charge in [-0.05, 0) is 42.5 Å². The third kappa shape index (κ3) is 4.75. The van der Waals surface area contributed by atoms with Gasteiger partial charge < -0.3 is 5.32 Å². The average Bonchev–Trinajstić information content (AvgIpc) is 2.55. The van der Waals surface area contributed by atoms with Crippen LogP contribution >= 0.6 is 0 Å². The summed E-state index contributed by atoms with van der Waals surface area (Å²) < 4.78 is 31.8. The van der Waals surface area contributed by atoms with E-state index >= 15 is 0 Å². The van der Waals surface area contributed by atoms with E-state index in [1.165, 1.54) is 19.2 Å². The smallest absolute Gasteiger partial charge is 0.296 e. The van der Waals surface area contributed by atoms with Gasteiger partial charge in [0.2, 0.25) is 0 Å². The van der Waals surface area contributed by atoms with Crippen molar-refractivity contribution in [2.45, 2.75) is 4.90 Å². The Hall–Kier alpha value is -2.98. The van der Waals surface area contributed by atoms with E-state index in [1.807, 2.05) is 0 Å². The molecule has 0 aliphatic rings. The highest BCUT2D eigenvalue weighted by Crippen LogP contribution is 2.28. The van der Waals surface area contributed by atoms with Gasteiger partial charge in [0.1, 0.15) is 10.6 Å². The molecule has 2 rings (SSSR count). The van der Waals surface area contributed by atoms with Gasteiger partial charge in [0.05, 0.1) is 5.69 Å². The van der Waals surface area contributed by atoms with Gasteiger partial charge in [0, 0.05) is 25.3 Å². The van der Waals surface area contributed by atoms with Crippen molar-refractivity contribution in [3.63, 3.8) is 0 Å². The first-order valence-electron chi connectivity index (χ1n) is 6.98. The van der Waals surface area contributed by atoms with Crippen LogP contribution in [0.5, 0.6) is 0 Å². The summed E-state index contributed by atoms with van der Waals surface area (Å²) in [6.07, 6.45) is 0. The highest BCUT2D eigenvalue weighted by molar-refractivity contribution is 7.86. The summed E-state index contributed by atoms with van der Waals surface area (Å²) in [6.45, 7) is 0. The highest BCUT2D eigenvalue weighted by atomic mass is 32.2. The van der Waals surface area contributed by atoms with Crippen LogP contribution in [0.15, 0.2) is 67.8 Å². The molecular formula is C15H15N5O4S. The maximum Gasteiger partial charge on any atom is 0.296 e. The molecule has 0 spiro atoms. The Bertz CT molecular complexity index is 937. The molecule has 130 valence electrons. The Morgan fingerprint density at radius 2 is 1.64 bits per heavy atom. The van der Waals surface area contributed by atoms with Crippen LogP contribution in [-0.4, -0.2) is 33.0 Å². The molecule has 0 fully saturated rings. The van der Waals surface area contributed by atoms with Gasteiger partial charge >= 0.3 is 0 Å². The van der Waals surface area contributed by atoms with Crippen LogP contribution in [0.4, 0.5) is 17.1 Å². The van der Waals surface area contributed by atoms with Crippen molar-refractivity contribution in [3.8, 4) is 0 Å². The second kappa shape index (κ2) is 7.73. The minimum atomic E-state index is -4.45. The fourth-order valence-electron chi connectivity index (χ4n) is 2.00. The Morgan fingerprint density at radius 1 is 1.00 bits per heavy atom. The monoisotopic (exact) mass is 361 g/mol. The minimum absolute atomic E-state index is 0.0819. The highest BCUT2D eigenvalue weighted by Gasteiger charge is 2.17. The van der Waals surface area contributed by atoms with Crippen LogP contribution in [-0.2, 0) is 10.1 Å². The average molecular weight is 361 g/mol. The van der Waals surface area contributed by atoms with E-state index in [0.29, 0.717) is 16.9 Å². The molecule has 2 N–H and O–H groups in total. The lowest BCUT2D eigenvalue weighted by Crippen LogP contribution is -2.11. The summed E-state index contributed by atoms with van der Waals surface area (Å²) in [7, 11) is -1.55. The van der Waals surface area contributed by atoms with Crippen molar-refractivity contribution in [1.82, 2.24) is 0 Å². The predicted octanol–water partition coefficient (Wildman–Crippen LogP) is 3.61. The van der Waals surface area contributed by atoms with Gasteiger partial charge in [-0.2, -0.15) is 28.9 Å². The van der Waals surface area contributed by atoms with E-state index in [-0.39, 0.29) is 5.69 Å². The van der Waals surface area contributed by atoms with Crippen LogP contribution in [0.1, 0.15) is 10.4 Å². The number of nitrogens with one attached hydrogen (secondary N) is 1. The largest absolute Gasteiger partial charge is 0.322 e. The van der Waals surface area contributed by atoms with Gasteiger partial charge in [-0.1, -0.05) is 0 Å². The standard InChI is InChI=1S/C15H15N5O4S/c1-16-19-11-5-3-10(4-6-11)15(21)18-12-7-8-14(25(22,23)24)13(9-12)20-17-2/h3-9H,1-2H3,(H,18,21)(H,22,23,24). The number of hydrogen-bond donors (Lipinski definition) is 2. The van der Waals surface area contributed by atoms with Crippen molar-refractivity contribution in [3.05, 3.63) is 48.0 Å². The zero-order chi connectivity index (χ0) is 18.4. The number of benzene rings is 2. The Labute approximate surface area is 144 Å². The lowest BCUT2D eigenvalue weighted by Gasteiger charge is -2.08. The van der Waals surface area contributed by atoms with Gasteiger partial charge in [0.25, 0.3) is 16.0 Å². The third-order valence-electron chi connectivity index (χ3n) is 3.05. The molecule has 0 saturated heterocycles. The third-order valence-corrected chi connectivity index (χ3v) is 3.95. The van der Waals surface area contributed by atoms with Crippen molar-refractivity contribution in [2.24, 2.45) is 20.5 Å². The number of carbonyl (C=O) groups is 1. The number of carbonyl (C=O) groups excluding carboxylic acids is 1. The van der Waals surface area contributed by atoms with Crippen molar-refractivity contribution < 1.29 is 17.8 Å². The first-order chi connectivity index (χ1) is 11.8.